The number of hydrogen-bond donors (Lipinski definition) is 0. The van der Waals surface area contributed by atoms with E-state index in [4.69, 9.17) is 4.74 Å². The van der Waals surface area contributed by atoms with E-state index in [1.54, 1.807) is 6.92 Å². The molecule has 1 nitrogen and oxygen atoms in total. The van der Waals surface area contributed by atoms with Crippen LogP contribution < -0.4 is 0 Å². The van der Waals surface area contributed by atoms with Crippen LogP contribution in [0.1, 0.15) is 35.2 Å². The third-order valence-corrected chi connectivity index (χ3v) is 4.16. The monoisotopic (exact) mass is 286 g/mol. The van der Waals surface area contributed by atoms with E-state index in [0.29, 0.717) is 5.56 Å². The van der Waals surface area contributed by atoms with Crippen LogP contribution in [-0.4, -0.2) is 12.7 Å². The van der Waals surface area contributed by atoms with Crippen LogP contribution in [0.3, 0.4) is 0 Å². The molecule has 0 radical (unpaired) electrons. The van der Waals surface area contributed by atoms with Crippen molar-refractivity contribution in [1.29, 1.82) is 0 Å². The van der Waals surface area contributed by atoms with Gasteiger partial charge in [0, 0.05) is 6.61 Å². The molecule has 0 bridgehead atoms. The highest BCUT2D eigenvalue weighted by Crippen LogP contribution is 2.33. The summed E-state index contributed by atoms with van der Waals surface area (Å²) in [7, 11) is 0. The maximum Gasteiger partial charge on any atom is 0.126 e. The summed E-state index contributed by atoms with van der Waals surface area (Å²) in [5.74, 6) is -0.145. The van der Waals surface area contributed by atoms with Gasteiger partial charge in [0.1, 0.15) is 5.82 Å². The fourth-order valence-corrected chi connectivity index (χ4v) is 2.75. The summed E-state index contributed by atoms with van der Waals surface area (Å²) in [5, 5.41) is 0. The van der Waals surface area contributed by atoms with E-state index in [9.17, 15) is 4.39 Å². The molecular formula is C13H16BrFO. The smallest absolute Gasteiger partial charge is 0.126 e. The van der Waals surface area contributed by atoms with Gasteiger partial charge < -0.3 is 4.74 Å². The standard InChI is InChI=1S/C13H16BrFO/c1-9-8-10(5-6-11(9)15)13(14)12-4-2-3-7-16-12/h5-6,8,12-13H,2-4,7H2,1H3. The minimum Gasteiger partial charge on any atom is -0.377 e. The van der Waals surface area contributed by atoms with Gasteiger partial charge in [-0.05, 0) is 43.4 Å². The van der Waals surface area contributed by atoms with Gasteiger partial charge in [-0.3, -0.25) is 0 Å². The minimum absolute atomic E-state index is 0.145. The van der Waals surface area contributed by atoms with Crippen LogP contribution in [-0.2, 0) is 4.74 Å². The molecule has 0 amide bonds. The first kappa shape index (κ1) is 12.1. The Labute approximate surface area is 104 Å². The fourth-order valence-electron chi connectivity index (χ4n) is 2.05. The highest BCUT2D eigenvalue weighted by molar-refractivity contribution is 9.09. The molecule has 2 rings (SSSR count). The maximum absolute atomic E-state index is 13.2. The second-order valence-electron chi connectivity index (χ2n) is 4.32. The van der Waals surface area contributed by atoms with Crippen molar-refractivity contribution in [2.45, 2.75) is 37.1 Å². The zero-order chi connectivity index (χ0) is 11.5. The van der Waals surface area contributed by atoms with E-state index in [2.05, 4.69) is 15.9 Å². The van der Waals surface area contributed by atoms with Gasteiger partial charge in [0.05, 0.1) is 10.9 Å². The van der Waals surface area contributed by atoms with E-state index in [-0.39, 0.29) is 16.7 Å². The van der Waals surface area contributed by atoms with E-state index < -0.39 is 0 Å². The van der Waals surface area contributed by atoms with Crippen molar-refractivity contribution in [3.8, 4) is 0 Å². The Balaban J connectivity index is 2.12. The Kier molecular flexibility index (Phi) is 3.98. The summed E-state index contributed by atoms with van der Waals surface area (Å²) < 4.78 is 18.9. The van der Waals surface area contributed by atoms with Gasteiger partial charge in [0.25, 0.3) is 0 Å². The predicted molar refractivity (Wildman–Crippen MR) is 66.4 cm³/mol. The first-order chi connectivity index (χ1) is 7.68. The predicted octanol–water partition coefficient (Wildman–Crippen LogP) is 4.14. The molecule has 2 atom stereocenters. The number of rotatable bonds is 2. The number of aryl methyl sites for hydroxylation is 1. The quantitative estimate of drug-likeness (QED) is 0.743. The van der Waals surface area contributed by atoms with Gasteiger partial charge in [0.2, 0.25) is 0 Å². The molecule has 0 N–H and O–H groups in total. The summed E-state index contributed by atoms with van der Waals surface area (Å²) in [4.78, 5) is 0.173. The zero-order valence-electron chi connectivity index (χ0n) is 9.38. The van der Waals surface area contributed by atoms with Crippen molar-refractivity contribution in [3.63, 3.8) is 0 Å². The van der Waals surface area contributed by atoms with Gasteiger partial charge in [-0.2, -0.15) is 0 Å². The lowest BCUT2D eigenvalue weighted by Gasteiger charge is -2.27. The summed E-state index contributed by atoms with van der Waals surface area (Å²) in [6, 6.07) is 5.26. The van der Waals surface area contributed by atoms with E-state index in [1.807, 2.05) is 12.1 Å². The zero-order valence-corrected chi connectivity index (χ0v) is 11.0. The SMILES string of the molecule is Cc1cc(C(Br)C2CCCCO2)ccc1F. The van der Waals surface area contributed by atoms with Gasteiger partial charge in [-0.25, -0.2) is 4.39 Å². The normalized spacial score (nSPS) is 23.1. The Morgan fingerprint density at radius 2 is 2.25 bits per heavy atom. The topological polar surface area (TPSA) is 9.23 Å². The highest BCUT2D eigenvalue weighted by Gasteiger charge is 2.23. The van der Waals surface area contributed by atoms with Gasteiger partial charge >= 0.3 is 0 Å². The van der Waals surface area contributed by atoms with Crippen molar-refractivity contribution in [3.05, 3.63) is 35.1 Å². The molecule has 3 heteroatoms. The van der Waals surface area contributed by atoms with E-state index in [0.717, 1.165) is 25.0 Å². The van der Waals surface area contributed by atoms with Crippen molar-refractivity contribution >= 4 is 15.9 Å². The molecule has 1 aliphatic rings. The second kappa shape index (κ2) is 5.28. The Bertz CT molecular complexity index is 361. The third kappa shape index (κ3) is 2.64. The van der Waals surface area contributed by atoms with Crippen LogP contribution in [0.5, 0.6) is 0 Å². The van der Waals surface area contributed by atoms with Crippen molar-refractivity contribution < 1.29 is 9.13 Å². The summed E-state index contributed by atoms with van der Waals surface area (Å²) >= 11 is 3.66. The average Bonchev–Trinajstić information content (AvgIpc) is 2.33. The van der Waals surface area contributed by atoms with Crippen LogP contribution in [0.25, 0.3) is 0 Å². The summed E-state index contributed by atoms with van der Waals surface area (Å²) in [5.41, 5.74) is 1.79. The molecule has 1 saturated heterocycles. The first-order valence-corrected chi connectivity index (χ1v) is 6.62. The largest absolute Gasteiger partial charge is 0.377 e. The highest BCUT2D eigenvalue weighted by atomic mass is 79.9. The second-order valence-corrected chi connectivity index (χ2v) is 5.30. The molecule has 88 valence electrons. The molecule has 1 aliphatic heterocycles. The Morgan fingerprint density at radius 3 is 2.88 bits per heavy atom. The van der Waals surface area contributed by atoms with Gasteiger partial charge in [0.15, 0.2) is 0 Å². The molecule has 1 heterocycles. The van der Waals surface area contributed by atoms with Crippen molar-refractivity contribution in [1.82, 2.24) is 0 Å². The molecule has 0 spiro atoms. The Morgan fingerprint density at radius 1 is 1.44 bits per heavy atom. The molecule has 16 heavy (non-hydrogen) atoms. The van der Waals surface area contributed by atoms with Crippen LogP contribution in [0.15, 0.2) is 18.2 Å². The third-order valence-electron chi connectivity index (χ3n) is 3.04. The fraction of sp³-hybridized carbons (Fsp3) is 0.538. The molecule has 1 fully saturated rings. The van der Waals surface area contributed by atoms with Gasteiger partial charge in [-0.15, -0.1) is 0 Å². The maximum atomic E-state index is 13.2. The van der Waals surface area contributed by atoms with Crippen molar-refractivity contribution in [2.75, 3.05) is 6.61 Å². The number of ether oxygens (including phenoxy) is 1. The van der Waals surface area contributed by atoms with Crippen LogP contribution in [0.2, 0.25) is 0 Å². The molecule has 1 aromatic rings. The van der Waals surface area contributed by atoms with Crippen LogP contribution in [0.4, 0.5) is 4.39 Å². The van der Waals surface area contributed by atoms with Crippen LogP contribution >= 0.6 is 15.9 Å². The molecule has 2 unspecified atom stereocenters. The number of halogens is 2. The average molecular weight is 287 g/mol. The molecule has 0 aliphatic carbocycles. The van der Waals surface area contributed by atoms with Crippen molar-refractivity contribution in [2.24, 2.45) is 0 Å². The number of benzene rings is 1. The molecular weight excluding hydrogens is 271 g/mol. The van der Waals surface area contributed by atoms with Gasteiger partial charge in [-0.1, -0.05) is 28.1 Å². The molecule has 0 saturated carbocycles. The van der Waals surface area contributed by atoms with E-state index >= 15 is 0 Å². The minimum atomic E-state index is -0.145. The lowest BCUT2D eigenvalue weighted by Crippen LogP contribution is -2.23. The number of alkyl halides is 1. The molecule has 0 aromatic heterocycles. The lowest BCUT2D eigenvalue weighted by atomic mass is 10.00. The first-order valence-electron chi connectivity index (χ1n) is 5.70. The summed E-state index contributed by atoms with van der Waals surface area (Å²) in [6.07, 6.45) is 3.66. The lowest BCUT2D eigenvalue weighted by molar-refractivity contribution is 0.0160. The number of hydrogen-bond acceptors (Lipinski definition) is 1. The van der Waals surface area contributed by atoms with E-state index in [1.165, 1.54) is 12.5 Å². The summed E-state index contributed by atoms with van der Waals surface area (Å²) in [6.45, 7) is 2.63. The Hall–Kier alpha value is -0.410. The van der Waals surface area contributed by atoms with Crippen LogP contribution in [0, 0.1) is 12.7 Å². The molecule has 1 aromatic carbocycles.